The van der Waals surface area contributed by atoms with Crippen molar-refractivity contribution in [2.24, 2.45) is 0 Å². The third-order valence-electron chi connectivity index (χ3n) is 4.05. The van der Waals surface area contributed by atoms with Crippen molar-refractivity contribution in [2.45, 2.75) is 38.4 Å². The Hall–Kier alpha value is -1.88. The molecule has 1 aromatic carbocycles. The van der Waals surface area contributed by atoms with Gasteiger partial charge in [0.1, 0.15) is 6.04 Å². The van der Waals surface area contributed by atoms with E-state index < -0.39 is 0 Å². The van der Waals surface area contributed by atoms with Gasteiger partial charge in [0.2, 0.25) is 11.8 Å². The number of carbonyl (C=O) groups excluding carboxylic acids is 2. The maximum absolute atomic E-state index is 12.7. The minimum atomic E-state index is -0.297. The van der Waals surface area contributed by atoms with E-state index in [-0.39, 0.29) is 24.4 Å². The zero-order valence-electron chi connectivity index (χ0n) is 12.3. The number of hydrogen-bond donors (Lipinski definition) is 2. The average Bonchev–Trinajstić information content (AvgIpc) is 3.31. The molecule has 2 N–H and O–H groups in total. The number of piperazine rings is 1. The fourth-order valence-corrected chi connectivity index (χ4v) is 2.60. The molecule has 5 heteroatoms. The minimum Gasteiger partial charge on any atom is -0.353 e. The largest absolute Gasteiger partial charge is 0.353 e. The Bertz CT molecular complexity index is 527. The van der Waals surface area contributed by atoms with Crippen molar-refractivity contribution >= 4 is 11.8 Å². The fraction of sp³-hybridized carbons (Fsp3) is 0.500. The number of nitrogens with zero attached hydrogens (tertiary/aromatic N) is 1. The Labute approximate surface area is 124 Å². The molecule has 0 aromatic heterocycles. The number of hydrogen-bond acceptors (Lipinski definition) is 3. The SMILES string of the molecule is Cc1ccc(CN(C(=O)C2CNC(=O)CN2)C2CC2)cc1. The third kappa shape index (κ3) is 3.42. The highest BCUT2D eigenvalue weighted by Gasteiger charge is 2.36. The van der Waals surface area contributed by atoms with Gasteiger partial charge in [-0.25, -0.2) is 0 Å². The van der Waals surface area contributed by atoms with Crippen LogP contribution in [0.1, 0.15) is 24.0 Å². The van der Waals surface area contributed by atoms with Crippen molar-refractivity contribution in [2.75, 3.05) is 13.1 Å². The molecule has 0 bridgehead atoms. The standard InChI is InChI=1S/C16H21N3O2/c1-11-2-4-12(5-3-11)10-19(13-6-7-13)16(21)14-8-18-15(20)9-17-14/h2-5,13-14,17H,6-10H2,1H3,(H,18,20). The molecule has 1 unspecified atom stereocenters. The summed E-state index contributed by atoms with van der Waals surface area (Å²) < 4.78 is 0. The molecular weight excluding hydrogens is 266 g/mol. The number of carbonyl (C=O) groups is 2. The molecule has 21 heavy (non-hydrogen) atoms. The predicted octanol–water partition coefficient (Wildman–Crippen LogP) is 0.574. The van der Waals surface area contributed by atoms with Crippen molar-refractivity contribution in [3.8, 4) is 0 Å². The van der Waals surface area contributed by atoms with Gasteiger partial charge in [-0.2, -0.15) is 0 Å². The van der Waals surface area contributed by atoms with E-state index in [1.807, 2.05) is 4.90 Å². The van der Waals surface area contributed by atoms with Crippen LogP contribution in [0.25, 0.3) is 0 Å². The second-order valence-electron chi connectivity index (χ2n) is 5.92. The Balaban J connectivity index is 1.67. The summed E-state index contributed by atoms with van der Waals surface area (Å²) in [5.74, 6) is 0.0497. The molecular formula is C16H21N3O2. The molecule has 1 saturated carbocycles. The molecule has 0 spiro atoms. The highest BCUT2D eigenvalue weighted by atomic mass is 16.2. The Morgan fingerprint density at radius 2 is 2.00 bits per heavy atom. The molecule has 1 atom stereocenters. The van der Waals surface area contributed by atoms with E-state index in [1.54, 1.807) is 0 Å². The van der Waals surface area contributed by atoms with E-state index in [0.717, 1.165) is 18.4 Å². The Kier molecular flexibility index (Phi) is 3.92. The van der Waals surface area contributed by atoms with Gasteiger partial charge in [0.15, 0.2) is 0 Å². The topological polar surface area (TPSA) is 61.4 Å². The van der Waals surface area contributed by atoms with Crippen molar-refractivity contribution in [3.63, 3.8) is 0 Å². The summed E-state index contributed by atoms with van der Waals surface area (Å²) in [5.41, 5.74) is 2.38. The summed E-state index contributed by atoms with van der Waals surface area (Å²) in [6, 6.07) is 8.36. The summed E-state index contributed by atoms with van der Waals surface area (Å²) in [6.45, 7) is 3.31. The predicted molar refractivity (Wildman–Crippen MR) is 79.6 cm³/mol. The normalized spacial score (nSPS) is 21.8. The van der Waals surface area contributed by atoms with E-state index in [1.165, 1.54) is 5.56 Å². The van der Waals surface area contributed by atoms with Crippen LogP contribution in [0.5, 0.6) is 0 Å². The first-order valence-electron chi connectivity index (χ1n) is 7.49. The lowest BCUT2D eigenvalue weighted by atomic mass is 10.1. The van der Waals surface area contributed by atoms with E-state index in [2.05, 4.69) is 41.8 Å². The molecule has 1 aliphatic heterocycles. The van der Waals surface area contributed by atoms with Gasteiger partial charge in [0.05, 0.1) is 6.54 Å². The maximum Gasteiger partial charge on any atom is 0.242 e. The van der Waals surface area contributed by atoms with E-state index in [9.17, 15) is 9.59 Å². The van der Waals surface area contributed by atoms with Crippen molar-refractivity contribution in [1.82, 2.24) is 15.5 Å². The van der Waals surface area contributed by atoms with Crippen LogP contribution in [0.4, 0.5) is 0 Å². The quantitative estimate of drug-likeness (QED) is 0.851. The Morgan fingerprint density at radius 1 is 1.29 bits per heavy atom. The molecule has 2 amide bonds. The van der Waals surface area contributed by atoms with Crippen molar-refractivity contribution in [1.29, 1.82) is 0 Å². The molecule has 0 radical (unpaired) electrons. The fourth-order valence-electron chi connectivity index (χ4n) is 2.60. The van der Waals surface area contributed by atoms with Gasteiger partial charge in [0, 0.05) is 19.1 Å². The summed E-state index contributed by atoms with van der Waals surface area (Å²) in [7, 11) is 0. The Morgan fingerprint density at radius 3 is 2.57 bits per heavy atom. The lowest BCUT2D eigenvalue weighted by Gasteiger charge is -2.30. The summed E-state index contributed by atoms with van der Waals surface area (Å²) in [6.07, 6.45) is 2.16. The van der Waals surface area contributed by atoms with Gasteiger partial charge in [-0.05, 0) is 25.3 Å². The second-order valence-corrected chi connectivity index (χ2v) is 5.92. The third-order valence-corrected chi connectivity index (χ3v) is 4.05. The molecule has 112 valence electrons. The van der Waals surface area contributed by atoms with Gasteiger partial charge < -0.3 is 10.2 Å². The van der Waals surface area contributed by atoms with Crippen LogP contribution in [0.15, 0.2) is 24.3 Å². The molecule has 1 aliphatic carbocycles. The summed E-state index contributed by atoms with van der Waals surface area (Å²) in [5, 5.41) is 5.77. The molecule has 5 nitrogen and oxygen atoms in total. The number of aryl methyl sites for hydroxylation is 1. The monoisotopic (exact) mass is 287 g/mol. The zero-order chi connectivity index (χ0) is 14.8. The van der Waals surface area contributed by atoms with Crippen LogP contribution in [0, 0.1) is 6.92 Å². The van der Waals surface area contributed by atoms with Crippen LogP contribution >= 0.6 is 0 Å². The minimum absolute atomic E-state index is 0.0458. The van der Waals surface area contributed by atoms with E-state index in [4.69, 9.17) is 0 Å². The van der Waals surface area contributed by atoms with Gasteiger partial charge in [-0.3, -0.25) is 14.9 Å². The number of benzene rings is 1. The first-order valence-corrected chi connectivity index (χ1v) is 7.49. The second kappa shape index (κ2) is 5.85. The smallest absolute Gasteiger partial charge is 0.242 e. The molecule has 1 heterocycles. The lowest BCUT2D eigenvalue weighted by molar-refractivity contribution is -0.136. The number of nitrogens with one attached hydrogen (secondary N) is 2. The van der Waals surface area contributed by atoms with Gasteiger partial charge in [-0.1, -0.05) is 29.8 Å². The van der Waals surface area contributed by atoms with Gasteiger partial charge >= 0.3 is 0 Å². The molecule has 1 saturated heterocycles. The first-order chi connectivity index (χ1) is 10.1. The van der Waals surface area contributed by atoms with Gasteiger partial charge in [-0.15, -0.1) is 0 Å². The van der Waals surface area contributed by atoms with Crippen LogP contribution in [0.3, 0.4) is 0 Å². The van der Waals surface area contributed by atoms with Crippen molar-refractivity contribution < 1.29 is 9.59 Å². The maximum atomic E-state index is 12.7. The summed E-state index contributed by atoms with van der Waals surface area (Å²) in [4.78, 5) is 25.8. The summed E-state index contributed by atoms with van der Waals surface area (Å²) >= 11 is 0. The zero-order valence-corrected chi connectivity index (χ0v) is 12.3. The highest BCUT2D eigenvalue weighted by molar-refractivity contribution is 5.87. The van der Waals surface area contributed by atoms with Crippen LogP contribution in [-0.2, 0) is 16.1 Å². The number of amides is 2. The lowest BCUT2D eigenvalue weighted by Crippen LogP contribution is -2.58. The van der Waals surface area contributed by atoms with E-state index in [0.29, 0.717) is 19.1 Å². The molecule has 2 aliphatic rings. The van der Waals surface area contributed by atoms with Crippen LogP contribution < -0.4 is 10.6 Å². The van der Waals surface area contributed by atoms with Crippen molar-refractivity contribution in [3.05, 3.63) is 35.4 Å². The number of rotatable bonds is 4. The van der Waals surface area contributed by atoms with Crippen LogP contribution in [-0.4, -0.2) is 41.9 Å². The molecule has 3 rings (SSSR count). The van der Waals surface area contributed by atoms with Gasteiger partial charge in [0.25, 0.3) is 0 Å². The van der Waals surface area contributed by atoms with Crippen LogP contribution in [0.2, 0.25) is 0 Å². The van der Waals surface area contributed by atoms with E-state index >= 15 is 0 Å². The molecule has 1 aromatic rings. The highest BCUT2D eigenvalue weighted by Crippen LogP contribution is 2.29. The average molecular weight is 287 g/mol. The molecule has 2 fully saturated rings. The first kappa shape index (κ1) is 14.1.